The summed E-state index contributed by atoms with van der Waals surface area (Å²) < 4.78 is 1.99. The third-order valence-corrected chi connectivity index (χ3v) is 1.57. The quantitative estimate of drug-likeness (QED) is 0.682. The number of hydrogen-bond acceptors (Lipinski definition) is 2. The molecule has 0 saturated heterocycles. The maximum Gasteiger partial charge on any atom is 0.124 e. The molecule has 1 aromatic rings. The molecule has 11 heavy (non-hydrogen) atoms. The summed E-state index contributed by atoms with van der Waals surface area (Å²) >= 11 is 0. The highest BCUT2D eigenvalue weighted by Crippen LogP contribution is 2.10. The third-order valence-electron chi connectivity index (χ3n) is 1.57. The second-order valence-electron chi connectivity index (χ2n) is 2.22. The van der Waals surface area contributed by atoms with Gasteiger partial charge >= 0.3 is 0 Å². The Morgan fingerprint density at radius 1 is 1.45 bits per heavy atom. The van der Waals surface area contributed by atoms with E-state index in [9.17, 15) is 0 Å². The number of anilines is 1. The highest BCUT2D eigenvalue weighted by molar-refractivity contribution is 5.85. The molecule has 1 aromatic heterocycles. The molecular formula is C6H11Cl2N3. The molecule has 0 aliphatic carbocycles. The predicted molar refractivity (Wildman–Crippen MR) is 49.8 cm³/mol. The largest absolute Gasteiger partial charge is 0.370 e. The third kappa shape index (κ3) is 2.01. The number of nitrogens with zero attached hydrogens (tertiary/aromatic N) is 2. The van der Waals surface area contributed by atoms with Gasteiger partial charge in [-0.25, -0.2) is 4.68 Å². The molecule has 2 rings (SSSR count). The summed E-state index contributed by atoms with van der Waals surface area (Å²) in [5.41, 5.74) is 0. The summed E-state index contributed by atoms with van der Waals surface area (Å²) in [6, 6.07) is 2.00. The van der Waals surface area contributed by atoms with E-state index in [2.05, 4.69) is 10.4 Å². The first-order chi connectivity index (χ1) is 4.47. The van der Waals surface area contributed by atoms with Crippen molar-refractivity contribution in [3.8, 4) is 0 Å². The molecule has 0 aromatic carbocycles. The fourth-order valence-corrected chi connectivity index (χ4v) is 1.11. The Balaban J connectivity index is 0.000000500. The molecule has 1 aliphatic heterocycles. The number of fused-ring (bicyclic) bond motifs is 1. The molecule has 0 saturated carbocycles. The van der Waals surface area contributed by atoms with Gasteiger partial charge in [0.05, 0.1) is 6.20 Å². The van der Waals surface area contributed by atoms with Gasteiger partial charge in [0.25, 0.3) is 0 Å². The van der Waals surface area contributed by atoms with Gasteiger partial charge in [-0.3, -0.25) is 0 Å². The highest BCUT2D eigenvalue weighted by atomic mass is 35.5. The van der Waals surface area contributed by atoms with Crippen molar-refractivity contribution < 1.29 is 0 Å². The number of aromatic nitrogens is 2. The standard InChI is InChI=1S/C6H9N3.2ClH/c1-3-7-6-2-4-8-9(6)5-1;;/h2,4,7H,1,3,5H2;2*1H. The second-order valence-corrected chi connectivity index (χ2v) is 2.22. The number of nitrogens with one attached hydrogen (secondary N) is 1. The maximum atomic E-state index is 4.11. The van der Waals surface area contributed by atoms with E-state index in [0.29, 0.717) is 0 Å². The molecular weight excluding hydrogens is 185 g/mol. The average molecular weight is 196 g/mol. The predicted octanol–water partition coefficient (Wildman–Crippen LogP) is 1.54. The monoisotopic (exact) mass is 195 g/mol. The van der Waals surface area contributed by atoms with Crippen LogP contribution in [-0.4, -0.2) is 16.3 Å². The molecule has 5 heteroatoms. The first kappa shape index (κ1) is 10.6. The Morgan fingerprint density at radius 2 is 2.27 bits per heavy atom. The van der Waals surface area contributed by atoms with Crippen molar-refractivity contribution in [1.29, 1.82) is 0 Å². The number of halogens is 2. The van der Waals surface area contributed by atoms with Crippen LogP contribution in [0.4, 0.5) is 5.82 Å². The van der Waals surface area contributed by atoms with Crippen molar-refractivity contribution >= 4 is 30.6 Å². The van der Waals surface area contributed by atoms with Crippen LogP contribution in [0.1, 0.15) is 6.42 Å². The number of rotatable bonds is 0. The van der Waals surface area contributed by atoms with Crippen molar-refractivity contribution in [2.75, 3.05) is 11.9 Å². The fraction of sp³-hybridized carbons (Fsp3) is 0.500. The Bertz CT molecular complexity index is 191. The van der Waals surface area contributed by atoms with E-state index < -0.39 is 0 Å². The minimum atomic E-state index is 0. The normalized spacial score (nSPS) is 13.5. The summed E-state index contributed by atoms with van der Waals surface area (Å²) in [6.45, 7) is 2.15. The van der Waals surface area contributed by atoms with Crippen LogP contribution in [0, 0.1) is 0 Å². The first-order valence-electron chi connectivity index (χ1n) is 3.22. The lowest BCUT2D eigenvalue weighted by Crippen LogP contribution is -2.17. The van der Waals surface area contributed by atoms with E-state index in [1.165, 1.54) is 6.42 Å². The van der Waals surface area contributed by atoms with Crippen molar-refractivity contribution in [3.05, 3.63) is 12.3 Å². The molecule has 0 bridgehead atoms. The van der Waals surface area contributed by atoms with Gasteiger partial charge in [0.2, 0.25) is 0 Å². The summed E-state index contributed by atoms with van der Waals surface area (Å²) in [6.07, 6.45) is 3.02. The molecule has 1 N–H and O–H groups in total. The lowest BCUT2D eigenvalue weighted by molar-refractivity contribution is 0.568. The summed E-state index contributed by atoms with van der Waals surface area (Å²) in [5, 5.41) is 7.35. The first-order valence-corrected chi connectivity index (χ1v) is 3.22. The van der Waals surface area contributed by atoms with Gasteiger partial charge in [0, 0.05) is 19.2 Å². The van der Waals surface area contributed by atoms with Crippen LogP contribution in [0.5, 0.6) is 0 Å². The minimum absolute atomic E-state index is 0. The van der Waals surface area contributed by atoms with Gasteiger partial charge in [-0.1, -0.05) is 0 Å². The van der Waals surface area contributed by atoms with Crippen LogP contribution in [0.15, 0.2) is 12.3 Å². The van der Waals surface area contributed by atoms with Crippen molar-refractivity contribution in [1.82, 2.24) is 9.78 Å². The highest BCUT2D eigenvalue weighted by Gasteiger charge is 2.04. The molecule has 0 amide bonds. The van der Waals surface area contributed by atoms with Gasteiger partial charge in [0.15, 0.2) is 0 Å². The molecule has 3 nitrogen and oxygen atoms in total. The van der Waals surface area contributed by atoms with Crippen LogP contribution >= 0.6 is 24.8 Å². The molecule has 2 heterocycles. The SMILES string of the molecule is Cl.Cl.c1cc2n(n1)CCCN2. The second kappa shape index (κ2) is 4.46. The fourth-order valence-electron chi connectivity index (χ4n) is 1.11. The van der Waals surface area contributed by atoms with E-state index in [4.69, 9.17) is 0 Å². The average Bonchev–Trinajstić information content (AvgIpc) is 2.33. The topological polar surface area (TPSA) is 29.9 Å². The summed E-state index contributed by atoms with van der Waals surface area (Å²) in [4.78, 5) is 0. The Hall–Kier alpha value is -0.410. The summed E-state index contributed by atoms with van der Waals surface area (Å²) in [5.74, 6) is 1.15. The van der Waals surface area contributed by atoms with Gasteiger partial charge < -0.3 is 5.32 Å². The smallest absolute Gasteiger partial charge is 0.124 e. The van der Waals surface area contributed by atoms with Crippen LogP contribution in [0.3, 0.4) is 0 Å². The molecule has 0 fully saturated rings. The molecule has 0 atom stereocenters. The van der Waals surface area contributed by atoms with E-state index in [0.717, 1.165) is 18.9 Å². The number of hydrogen-bond donors (Lipinski definition) is 1. The van der Waals surface area contributed by atoms with Crippen LogP contribution < -0.4 is 5.32 Å². The van der Waals surface area contributed by atoms with Crippen LogP contribution in [0.2, 0.25) is 0 Å². The van der Waals surface area contributed by atoms with Gasteiger partial charge in [0.1, 0.15) is 5.82 Å². The minimum Gasteiger partial charge on any atom is -0.370 e. The zero-order valence-corrected chi connectivity index (χ0v) is 7.62. The maximum absolute atomic E-state index is 4.11. The van der Waals surface area contributed by atoms with Gasteiger partial charge in [-0.05, 0) is 6.42 Å². The van der Waals surface area contributed by atoms with Crippen molar-refractivity contribution in [2.45, 2.75) is 13.0 Å². The Kier molecular flexibility index (Phi) is 4.30. The molecule has 0 radical (unpaired) electrons. The van der Waals surface area contributed by atoms with Crippen molar-refractivity contribution in [3.63, 3.8) is 0 Å². The van der Waals surface area contributed by atoms with E-state index in [1.807, 2.05) is 16.9 Å². The Morgan fingerprint density at radius 3 is 3.00 bits per heavy atom. The molecule has 64 valence electrons. The molecule has 0 unspecified atom stereocenters. The van der Waals surface area contributed by atoms with E-state index in [-0.39, 0.29) is 24.8 Å². The van der Waals surface area contributed by atoms with Crippen LogP contribution in [0.25, 0.3) is 0 Å². The van der Waals surface area contributed by atoms with E-state index >= 15 is 0 Å². The Labute approximate surface area is 78.0 Å². The lowest BCUT2D eigenvalue weighted by atomic mass is 10.3. The lowest BCUT2D eigenvalue weighted by Gasteiger charge is -2.14. The van der Waals surface area contributed by atoms with E-state index in [1.54, 1.807) is 0 Å². The zero-order chi connectivity index (χ0) is 6.10. The number of aryl methyl sites for hydroxylation is 1. The molecule has 0 spiro atoms. The van der Waals surface area contributed by atoms with Crippen molar-refractivity contribution in [2.24, 2.45) is 0 Å². The zero-order valence-electron chi connectivity index (χ0n) is 5.99. The molecule has 1 aliphatic rings. The van der Waals surface area contributed by atoms with Gasteiger partial charge in [-0.15, -0.1) is 24.8 Å². The summed E-state index contributed by atoms with van der Waals surface area (Å²) in [7, 11) is 0. The van der Waals surface area contributed by atoms with Crippen LogP contribution in [-0.2, 0) is 6.54 Å². The van der Waals surface area contributed by atoms with Gasteiger partial charge in [-0.2, -0.15) is 5.10 Å².